The lowest BCUT2D eigenvalue weighted by Crippen LogP contribution is -2.38. The van der Waals surface area contributed by atoms with Gasteiger partial charge in [-0.1, -0.05) is 26.8 Å². The van der Waals surface area contributed by atoms with Gasteiger partial charge < -0.3 is 5.73 Å². The molecule has 0 spiro atoms. The summed E-state index contributed by atoms with van der Waals surface area (Å²) in [6.07, 6.45) is 7.89. The first-order valence-electron chi connectivity index (χ1n) is 7.79. The van der Waals surface area contributed by atoms with Crippen LogP contribution in [0.15, 0.2) is 18.3 Å². The van der Waals surface area contributed by atoms with Gasteiger partial charge >= 0.3 is 0 Å². The molecule has 2 rings (SSSR count). The lowest BCUT2D eigenvalue weighted by molar-refractivity contribution is 0.188. The number of rotatable bonds is 4. The average molecular weight is 260 g/mol. The quantitative estimate of drug-likeness (QED) is 0.898. The summed E-state index contributed by atoms with van der Waals surface area (Å²) in [5.74, 6) is 2.24. The minimum atomic E-state index is 0.364. The van der Waals surface area contributed by atoms with E-state index in [1.165, 1.54) is 30.5 Å². The molecule has 0 amide bonds. The normalized spacial score (nSPS) is 27.7. The highest BCUT2D eigenvalue weighted by Gasteiger charge is 2.29. The summed E-state index contributed by atoms with van der Waals surface area (Å²) in [5.41, 5.74) is 8.84. The van der Waals surface area contributed by atoms with Crippen LogP contribution < -0.4 is 5.73 Å². The third-order valence-corrected chi connectivity index (χ3v) is 4.79. The Kier molecular flexibility index (Phi) is 4.98. The Morgan fingerprint density at radius 2 is 2.11 bits per heavy atom. The van der Waals surface area contributed by atoms with Crippen molar-refractivity contribution in [2.24, 2.45) is 23.5 Å². The zero-order chi connectivity index (χ0) is 13.8. The fourth-order valence-corrected chi connectivity index (χ4v) is 3.22. The van der Waals surface area contributed by atoms with Crippen LogP contribution in [0.1, 0.15) is 51.3 Å². The van der Waals surface area contributed by atoms with Gasteiger partial charge in [-0.25, -0.2) is 0 Å². The number of pyridine rings is 1. The van der Waals surface area contributed by atoms with Crippen LogP contribution in [0.2, 0.25) is 0 Å². The van der Waals surface area contributed by atoms with E-state index in [1.54, 1.807) is 0 Å². The molecule has 0 saturated heterocycles. The van der Waals surface area contributed by atoms with Crippen molar-refractivity contribution in [2.45, 2.75) is 58.9 Å². The molecule has 1 fully saturated rings. The molecular formula is C17H28N2. The summed E-state index contributed by atoms with van der Waals surface area (Å²) >= 11 is 0. The van der Waals surface area contributed by atoms with Gasteiger partial charge in [0.2, 0.25) is 0 Å². The summed E-state index contributed by atoms with van der Waals surface area (Å²) in [4.78, 5) is 4.59. The molecule has 1 aliphatic rings. The van der Waals surface area contributed by atoms with E-state index in [9.17, 15) is 0 Å². The lowest BCUT2D eigenvalue weighted by atomic mass is 9.72. The molecule has 0 radical (unpaired) electrons. The number of aromatic nitrogens is 1. The Bertz CT molecular complexity index is 383. The number of hydrogen-bond donors (Lipinski definition) is 1. The van der Waals surface area contributed by atoms with Crippen molar-refractivity contribution in [1.29, 1.82) is 0 Å². The SMILES string of the molecule is CCc1ccc(CC2CC(C(C)C)CCC2N)nc1. The zero-order valence-electron chi connectivity index (χ0n) is 12.6. The predicted molar refractivity (Wildman–Crippen MR) is 81.0 cm³/mol. The molecule has 1 saturated carbocycles. The summed E-state index contributed by atoms with van der Waals surface area (Å²) in [7, 11) is 0. The highest BCUT2D eigenvalue weighted by atomic mass is 14.7. The van der Waals surface area contributed by atoms with Crippen LogP contribution in [0.5, 0.6) is 0 Å². The average Bonchev–Trinajstić information content (AvgIpc) is 2.42. The van der Waals surface area contributed by atoms with Gasteiger partial charge in [-0.3, -0.25) is 4.98 Å². The van der Waals surface area contributed by atoms with Crippen molar-refractivity contribution in [2.75, 3.05) is 0 Å². The molecule has 2 N–H and O–H groups in total. The van der Waals surface area contributed by atoms with Crippen LogP contribution in [0.25, 0.3) is 0 Å². The smallest absolute Gasteiger partial charge is 0.0407 e. The minimum Gasteiger partial charge on any atom is -0.327 e. The van der Waals surface area contributed by atoms with Crippen molar-refractivity contribution in [3.63, 3.8) is 0 Å². The summed E-state index contributed by atoms with van der Waals surface area (Å²) < 4.78 is 0. The molecule has 2 nitrogen and oxygen atoms in total. The Morgan fingerprint density at radius 1 is 1.32 bits per heavy atom. The van der Waals surface area contributed by atoms with Gasteiger partial charge in [0.15, 0.2) is 0 Å². The monoisotopic (exact) mass is 260 g/mol. The molecule has 1 aromatic heterocycles. The first-order valence-corrected chi connectivity index (χ1v) is 7.79. The fraction of sp³-hybridized carbons (Fsp3) is 0.706. The molecule has 1 aromatic rings. The van der Waals surface area contributed by atoms with Gasteiger partial charge in [0.25, 0.3) is 0 Å². The molecular weight excluding hydrogens is 232 g/mol. The second-order valence-electron chi connectivity index (χ2n) is 6.46. The highest BCUT2D eigenvalue weighted by molar-refractivity contribution is 5.14. The molecule has 0 aliphatic heterocycles. The number of hydrogen-bond acceptors (Lipinski definition) is 2. The molecule has 1 heterocycles. The van der Waals surface area contributed by atoms with Crippen LogP contribution >= 0.6 is 0 Å². The van der Waals surface area contributed by atoms with E-state index in [0.717, 1.165) is 24.7 Å². The maximum Gasteiger partial charge on any atom is 0.0407 e. The van der Waals surface area contributed by atoms with Crippen molar-refractivity contribution in [3.05, 3.63) is 29.6 Å². The lowest BCUT2D eigenvalue weighted by Gasteiger charge is -2.36. The Hall–Kier alpha value is -0.890. The standard InChI is InChI=1S/C17H28N2/c1-4-13-5-7-16(19-11-13)10-15-9-14(12(2)3)6-8-17(15)18/h5,7,11-12,14-15,17H,4,6,8-10,18H2,1-3H3. The van der Waals surface area contributed by atoms with Crippen LogP contribution in [-0.2, 0) is 12.8 Å². The molecule has 0 aromatic carbocycles. The van der Waals surface area contributed by atoms with Crippen LogP contribution in [0.4, 0.5) is 0 Å². The molecule has 1 aliphatic carbocycles. The highest BCUT2D eigenvalue weighted by Crippen LogP contribution is 2.34. The third kappa shape index (κ3) is 3.79. The predicted octanol–water partition coefficient (Wildman–Crippen LogP) is 3.59. The Morgan fingerprint density at radius 3 is 2.68 bits per heavy atom. The van der Waals surface area contributed by atoms with Gasteiger partial charge in [0, 0.05) is 17.9 Å². The zero-order valence-corrected chi connectivity index (χ0v) is 12.6. The molecule has 3 atom stereocenters. The van der Waals surface area contributed by atoms with Crippen molar-refractivity contribution >= 4 is 0 Å². The van der Waals surface area contributed by atoms with Gasteiger partial charge in [0.1, 0.15) is 0 Å². The summed E-state index contributed by atoms with van der Waals surface area (Å²) in [5, 5.41) is 0. The maximum atomic E-state index is 6.32. The van der Waals surface area contributed by atoms with E-state index in [0.29, 0.717) is 12.0 Å². The van der Waals surface area contributed by atoms with Crippen LogP contribution in [0.3, 0.4) is 0 Å². The van der Waals surface area contributed by atoms with E-state index in [4.69, 9.17) is 5.73 Å². The van der Waals surface area contributed by atoms with Gasteiger partial charge in [-0.15, -0.1) is 0 Å². The Balaban J connectivity index is 1.99. The maximum absolute atomic E-state index is 6.32. The van der Waals surface area contributed by atoms with Gasteiger partial charge in [0.05, 0.1) is 0 Å². The molecule has 3 unspecified atom stereocenters. The number of aryl methyl sites for hydroxylation is 1. The largest absolute Gasteiger partial charge is 0.327 e. The molecule has 0 bridgehead atoms. The topological polar surface area (TPSA) is 38.9 Å². The number of nitrogens with two attached hydrogens (primary N) is 1. The van der Waals surface area contributed by atoms with E-state index in [-0.39, 0.29) is 0 Å². The van der Waals surface area contributed by atoms with Gasteiger partial charge in [-0.05, 0) is 61.5 Å². The molecule has 2 heteroatoms. The minimum absolute atomic E-state index is 0.364. The molecule has 19 heavy (non-hydrogen) atoms. The second-order valence-corrected chi connectivity index (χ2v) is 6.46. The number of nitrogens with zero attached hydrogens (tertiary/aromatic N) is 1. The van der Waals surface area contributed by atoms with Crippen molar-refractivity contribution in [1.82, 2.24) is 4.98 Å². The second kappa shape index (κ2) is 6.51. The first kappa shape index (κ1) is 14.5. The third-order valence-electron chi connectivity index (χ3n) is 4.79. The van der Waals surface area contributed by atoms with E-state index in [1.807, 2.05) is 6.20 Å². The molecule has 106 valence electrons. The first-order chi connectivity index (χ1) is 9.10. The van der Waals surface area contributed by atoms with E-state index < -0.39 is 0 Å². The van der Waals surface area contributed by atoms with E-state index in [2.05, 4.69) is 37.9 Å². The fourth-order valence-electron chi connectivity index (χ4n) is 3.22. The van der Waals surface area contributed by atoms with Gasteiger partial charge in [-0.2, -0.15) is 0 Å². The Labute approximate surface area is 117 Å². The van der Waals surface area contributed by atoms with Crippen molar-refractivity contribution < 1.29 is 0 Å². The van der Waals surface area contributed by atoms with Crippen molar-refractivity contribution in [3.8, 4) is 0 Å². The summed E-state index contributed by atoms with van der Waals surface area (Å²) in [6, 6.07) is 4.75. The van der Waals surface area contributed by atoms with Crippen LogP contribution in [-0.4, -0.2) is 11.0 Å². The van der Waals surface area contributed by atoms with E-state index >= 15 is 0 Å². The summed E-state index contributed by atoms with van der Waals surface area (Å²) in [6.45, 7) is 6.85. The van der Waals surface area contributed by atoms with Crippen LogP contribution in [0, 0.1) is 17.8 Å².